The summed E-state index contributed by atoms with van der Waals surface area (Å²) in [5, 5.41) is 2.88. The maximum absolute atomic E-state index is 13.9. The molecule has 0 radical (unpaired) electrons. The van der Waals surface area contributed by atoms with Gasteiger partial charge in [-0.05, 0) is 73.2 Å². The summed E-state index contributed by atoms with van der Waals surface area (Å²) in [5.74, 6) is -2.83. The highest BCUT2D eigenvalue weighted by Crippen LogP contribution is 2.44. The number of piperidine rings is 1. The lowest BCUT2D eigenvalue weighted by atomic mass is 9.84. The van der Waals surface area contributed by atoms with E-state index in [0.29, 0.717) is 39.0 Å². The van der Waals surface area contributed by atoms with Crippen molar-refractivity contribution in [3.8, 4) is 0 Å². The van der Waals surface area contributed by atoms with Gasteiger partial charge in [0.2, 0.25) is 11.8 Å². The fourth-order valence-corrected chi connectivity index (χ4v) is 5.68. The van der Waals surface area contributed by atoms with Crippen LogP contribution in [0.2, 0.25) is 0 Å². The molecule has 1 spiro atoms. The predicted molar refractivity (Wildman–Crippen MR) is 126 cm³/mol. The molecule has 0 aliphatic carbocycles. The number of hydrogen-bond donors (Lipinski definition) is 1. The van der Waals surface area contributed by atoms with Gasteiger partial charge in [-0.25, -0.2) is 13.2 Å². The molecule has 2 saturated heterocycles. The second-order valence-electron chi connectivity index (χ2n) is 9.84. The van der Waals surface area contributed by atoms with Crippen LogP contribution in [0.4, 0.5) is 13.2 Å². The molecule has 1 unspecified atom stereocenters. The Morgan fingerprint density at radius 1 is 1.06 bits per heavy atom. The largest absolute Gasteiger partial charge is 0.365 e. The van der Waals surface area contributed by atoms with E-state index in [1.165, 1.54) is 17.0 Å². The SMILES string of the molecule is O=C(NCCCN1CCC2(CC1)OCc1cc(F)ccc12)C(c1ccc(F)c(F)c1)N1CCCC1=O. The molecule has 0 aromatic heterocycles. The summed E-state index contributed by atoms with van der Waals surface area (Å²) in [6, 6.07) is 7.25. The number of carbonyl (C=O) groups excluding carboxylic acids is 2. The lowest BCUT2D eigenvalue weighted by Gasteiger charge is -2.39. The highest BCUT2D eigenvalue weighted by atomic mass is 19.2. The van der Waals surface area contributed by atoms with Crippen molar-refractivity contribution < 1.29 is 27.5 Å². The van der Waals surface area contributed by atoms with E-state index in [2.05, 4.69) is 10.2 Å². The van der Waals surface area contributed by atoms with Gasteiger partial charge < -0.3 is 19.9 Å². The Kier molecular flexibility index (Phi) is 7.03. The van der Waals surface area contributed by atoms with Crippen LogP contribution >= 0.6 is 0 Å². The number of halogens is 3. The summed E-state index contributed by atoms with van der Waals surface area (Å²) in [4.78, 5) is 29.1. The van der Waals surface area contributed by atoms with Crippen LogP contribution in [0, 0.1) is 17.5 Å². The van der Waals surface area contributed by atoms with E-state index in [1.807, 2.05) is 6.07 Å². The molecule has 9 heteroatoms. The van der Waals surface area contributed by atoms with E-state index >= 15 is 0 Å². The number of hydrogen-bond acceptors (Lipinski definition) is 4. The number of likely N-dealkylation sites (tertiary alicyclic amines) is 2. The van der Waals surface area contributed by atoms with E-state index in [9.17, 15) is 22.8 Å². The molecule has 36 heavy (non-hydrogen) atoms. The molecular weight excluding hydrogens is 471 g/mol. The minimum absolute atomic E-state index is 0.166. The van der Waals surface area contributed by atoms with Gasteiger partial charge in [-0.2, -0.15) is 0 Å². The van der Waals surface area contributed by atoms with Gasteiger partial charge in [-0.3, -0.25) is 9.59 Å². The van der Waals surface area contributed by atoms with Crippen molar-refractivity contribution in [2.24, 2.45) is 0 Å². The number of ether oxygens (including phenoxy) is 1. The van der Waals surface area contributed by atoms with E-state index in [4.69, 9.17) is 4.74 Å². The van der Waals surface area contributed by atoms with Crippen LogP contribution in [-0.4, -0.2) is 54.3 Å². The smallest absolute Gasteiger partial charge is 0.247 e. The fourth-order valence-electron chi connectivity index (χ4n) is 5.68. The Bertz CT molecular complexity index is 1150. The molecule has 0 saturated carbocycles. The van der Waals surface area contributed by atoms with Crippen molar-refractivity contribution in [2.45, 2.75) is 50.4 Å². The molecule has 192 valence electrons. The molecule has 1 N–H and O–H groups in total. The van der Waals surface area contributed by atoms with Gasteiger partial charge in [0, 0.05) is 32.6 Å². The second-order valence-corrected chi connectivity index (χ2v) is 9.84. The molecule has 6 nitrogen and oxygen atoms in total. The summed E-state index contributed by atoms with van der Waals surface area (Å²) >= 11 is 0. The van der Waals surface area contributed by atoms with Gasteiger partial charge >= 0.3 is 0 Å². The zero-order chi connectivity index (χ0) is 25.3. The average Bonchev–Trinajstić information content (AvgIpc) is 3.44. The number of rotatable bonds is 7. The van der Waals surface area contributed by atoms with Crippen LogP contribution < -0.4 is 5.32 Å². The normalized spacial score (nSPS) is 20.1. The van der Waals surface area contributed by atoms with Crippen molar-refractivity contribution in [1.29, 1.82) is 0 Å². The lowest BCUT2D eigenvalue weighted by molar-refractivity contribution is -0.137. The lowest BCUT2D eigenvalue weighted by Crippen LogP contribution is -2.44. The second kappa shape index (κ2) is 10.2. The van der Waals surface area contributed by atoms with E-state index in [1.54, 1.807) is 6.07 Å². The first-order chi connectivity index (χ1) is 17.4. The molecule has 2 amide bonds. The van der Waals surface area contributed by atoms with Crippen LogP contribution in [0.1, 0.15) is 54.8 Å². The first-order valence-corrected chi connectivity index (χ1v) is 12.5. The van der Waals surface area contributed by atoms with Gasteiger partial charge in [0.05, 0.1) is 12.2 Å². The molecule has 1 atom stereocenters. The number of benzene rings is 2. The summed E-state index contributed by atoms with van der Waals surface area (Å²) in [6.45, 7) is 3.71. The van der Waals surface area contributed by atoms with Gasteiger partial charge in [-0.1, -0.05) is 12.1 Å². The van der Waals surface area contributed by atoms with E-state index in [-0.39, 0.29) is 22.9 Å². The molecule has 3 aliphatic heterocycles. The minimum atomic E-state index is -1.04. The summed E-state index contributed by atoms with van der Waals surface area (Å²) in [5.41, 5.74) is 1.95. The quantitative estimate of drug-likeness (QED) is 0.587. The van der Waals surface area contributed by atoms with Crippen LogP contribution in [0.5, 0.6) is 0 Å². The van der Waals surface area contributed by atoms with Crippen molar-refractivity contribution in [1.82, 2.24) is 15.1 Å². The Morgan fingerprint density at radius 2 is 1.86 bits per heavy atom. The van der Waals surface area contributed by atoms with Crippen LogP contribution in [0.25, 0.3) is 0 Å². The number of fused-ring (bicyclic) bond motifs is 2. The zero-order valence-electron chi connectivity index (χ0n) is 20.1. The Balaban J connectivity index is 1.13. The molecule has 0 bridgehead atoms. The van der Waals surface area contributed by atoms with Gasteiger partial charge in [0.15, 0.2) is 11.6 Å². The van der Waals surface area contributed by atoms with Crippen LogP contribution in [0.3, 0.4) is 0 Å². The summed E-state index contributed by atoms with van der Waals surface area (Å²) < 4.78 is 47.0. The number of nitrogens with one attached hydrogen (secondary N) is 1. The zero-order valence-corrected chi connectivity index (χ0v) is 20.1. The van der Waals surface area contributed by atoms with Crippen LogP contribution in [-0.2, 0) is 26.5 Å². The first kappa shape index (κ1) is 24.8. The Morgan fingerprint density at radius 3 is 2.58 bits per heavy atom. The maximum atomic E-state index is 13.9. The minimum Gasteiger partial charge on any atom is -0.365 e. The maximum Gasteiger partial charge on any atom is 0.247 e. The number of nitrogens with zero attached hydrogens (tertiary/aromatic N) is 2. The van der Waals surface area contributed by atoms with Crippen LogP contribution in [0.15, 0.2) is 36.4 Å². The number of amides is 2. The third kappa shape index (κ3) is 4.86. The van der Waals surface area contributed by atoms with E-state index < -0.39 is 23.6 Å². The van der Waals surface area contributed by atoms with Gasteiger partial charge in [0.25, 0.3) is 0 Å². The molecule has 2 aromatic rings. The number of carbonyl (C=O) groups is 2. The first-order valence-electron chi connectivity index (χ1n) is 12.5. The topological polar surface area (TPSA) is 61.9 Å². The molecule has 3 heterocycles. The van der Waals surface area contributed by atoms with Crippen molar-refractivity contribution in [3.05, 3.63) is 70.5 Å². The third-order valence-electron chi connectivity index (χ3n) is 7.61. The standard InChI is InChI=1S/C27H30F3N3O3/c28-20-5-6-21-19(15-20)17-36-27(21)8-13-32(14-9-27)11-2-10-31-26(35)25(33-12-1-3-24(33)34)18-4-7-22(29)23(30)16-18/h4-7,15-16,25H,1-3,8-14,17H2,(H,31,35). The third-order valence-corrected chi connectivity index (χ3v) is 7.61. The monoisotopic (exact) mass is 501 g/mol. The van der Waals surface area contributed by atoms with E-state index in [0.717, 1.165) is 55.7 Å². The van der Waals surface area contributed by atoms with Crippen molar-refractivity contribution in [3.63, 3.8) is 0 Å². The van der Waals surface area contributed by atoms with Crippen molar-refractivity contribution in [2.75, 3.05) is 32.7 Å². The molecule has 5 rings (SSSR count). The van der Waals surface area contributed by atoms with Gasteiger partial charge in [-0.15, -0.1) is 0 Å². The fraction of sp³-hybridized carbons (Fsp3) is 0.481. The molecule has 2 fully saturated rings. The molecule has 2 aromatic carbocycles. The highest BCUT2D eigenvalue weighted by Gasteiger charge is 2.42. The Labute approximate surface area is 208 Å². The van der Waals surface area contributed by atoms with Gasteiger partial charge in [0.1, 0.15) is 11.9 Å². The molecular formula is C27H30F3N3O3. The predicted octanol–water partition coefficient (Wildman–Crippen LogP) is 3.80. The summed E-state index contributed by atoms with van der Waals surface area (Å²) in [6.07, 6.45) is 3.33. The summed E-state index contributed by atoms with van der Waals surface area (Å²) in [7, 11) is 0. The van der Waals surface area contributed by atoms with Crippen molar-refractivity contribution >= 4 is 11.8 Å². The molecule has 3 aliphatic rings. The Hall–Kier alpha value is -2.91. The highest BCUT2D eigenvalue weighted by molar-refractivity contribution is 5.89. The average molecular weight is 502 g/mol.